The van der Waals surface area contributed by atoms with E-state index in [0.29, 0.717) is 41.9 Å². The van der Waals surface area contributed by atoms with Gasteiger partial charge in [0, 0.05) is 36.3 Å². The number of aldehydes is 1. The van der Waals surface area contributed by atoms with Crippen molar-refractivity contribution in [3.8, 4) is 17.1 Å². The number of hydrogen-bond acceptors (Lipinski definition) is 7. The Morgan fingerprint density at radius 3 is 2.53 bits per heavy atom. The molecule has 30 heavy (non-hydrogen) atoms. The normalized spacial score (nSPS) is 11.3. The predicted octanol–water partition coefficient (Wildman–Crippen LogP) is 3.86. The number of hydrogen-bond donors (Lipinski definition) is 2. The lowest BCUT2D eigenvalue weighted by Crippen LogP contribution is -2.24. The zero-order valence-electron chi connectivity index (χ0n) is 17.7. The first-order valence-corrected chi connectivity index (χ1v) is 9.63. The van der Waals surface area contributed by atoms with Gasteiger partial charge in [0.1, 0.15) is 18.1 Å². The number of methoxy groups -OCH3 is 1. The largest absolute Gasteiger partial charge is 0.475 e. The zero-order valence-corrected chi connectivity index (χ0v) is 17.7. The first-order chi connectivity index (χ1) is 14.3. The molecule has 2 aromatic heterocycles. The van der Waals surface area contributed by atoms with Gasteiger partial charge in [-0.1, -0.05) is 12.1 Å². The second-order valence-electron chi connectivity index (χ2n) is 7.78. The smallest absolute Gasteiger partial charge is 0.215 e. The molecule has 0 atom stereocenters. The Bertz CT molecular complexity index is 1010. The quantitative estimate of drug-likeness (QED) is 0.331. The second-order valence-corrected chi connectivity index (χ2v) is 7.78. The number of nitrogens with zero attached hydrogens (tertiary/aromatic N) is 3. The SMILES string of the molecule is COCCOc1cc(Nc2c(C=O)c(-c3ccc(N)cc3)nn2C(C)(C)C)ccn1. The zero-order chi connectivity index (χ0) is 21.7. The fourth-order valence-electron chi connectivity index (χ4n) is 2.93. The number of benzene rings is 1. The molecule has 0 saturated heterocycles. The van der Waals surface area contributed by atoms with Crippen LogP contribution in [0.25, 0.3) is 11.3 Å². The van der Waals surface area contributed by atoms with Crippen LogP contribution in [0.2, 0.25) is 0 Å². The molecule has 8 heteroatoms. The van der Waals surface area contributed by atoms with E-state index >= 15 is 0 Å². The van der Waals surface area contributed by atoms with Gasteiger partial charge in [0.2, 0.25) is 5.88 Å². The lowest BCUT2D eigenvalue weighted by Gasteiger charge is -2.23. The topological polar surface area (TPSA) is 104 Å². The summed E-state index contributed by atoms with van der Waals surface area (Å²) < 4.78 is 12.4. The van der Waals surface area contributed by atoms with Gasteiger partial charge in [-0.15, -0.1) is 0 Å². The number of aromatic nitrogens is 3. The summed E-state index contributed by atoms with van der Waals surface area (Å²) in [5.41, 5.74) is 8.70. The summed E-state index contributed by atoms with van der Waals surface area (Å²) in [6, 6.07) is 10.9. The third-order valence-corrected chi connectivity index (χ3v) is 4.39. The number of anilines is 3. The van der Waals surface area contributed by atoms with Crippen LogP contribution in [0, 0.1) is 0 Å². The number of rotatable bonds is 8. The number of carbonyl (C=O) groups is 1. The molecule has 3 rings (SSSR count). The predicted molar refractivity (Wildman–Crippen MR) is 117 cm³/mol. The first kappa shape index (κ1) is 21.3. The van der Waals surface area contributed by atoms with Crippen molar-refractivity contribution in [2.75, 3.05) is 31.4 Å². The van der Waals surface area contributed by atoms with Gasteiger partial charge in [-0.3, -0.25) is 4.79 Å². The molecule has 158 valence electrons. The Morgan fingerprint density at radius 2 is 1.90 bits per heavy atom. The molecular weight excluding hydrogens is 382 g/mol. The number of nitrogens with one attached hydrogen (secondary N) is 1. The van der Waals surface area contributed by atoms with Crippen LogP contribution in [0.4, 0.5) is 17.2 Å². The van der Waals surface area contributed by atoms with Crippen LogP contribution in [0.1, 0.15) is 31.1 Å². The lowest BCUT2D eigenvalue weighted by molar-refractivity contribution is 0.112. The van der Waals surface area contributed by atoms with Crippen LogP contribution in [0.5, 0.6) is 5.88 Å². The first-order valence-electron chi connectivity index (χ1n) is 9.63. The average molecular weight is 409 g/mol. The lowest BCUT2D eigenvalue weighted by atomic mass is 10.1. The van der Waals surface area contributed by atoms with Gasteiger partial charge in [0.15, 0.2) is 6.29 Å². The van der Waals surface area contributed by atoms with Crippen molar-refractivity contribution >= 4 is 23.5 Å². The van der Waals surface area contributed by atoms with E-state index in [4.69, 9.17) is 20.3 Å². The third-order valence-electron chi connectivity index (χ3n) is 4.39. The highest BCUT2D eigenvalue weighted by atomic mass is 16.5. The minimum atomic E-state index is -0.364. The van der Waals surface area contributed by atoms with E-state index in [0.717, 1.165) is 17.5 Å². The van der Waals surface area contributed by atoms with Gasteiger partial charge in [-0.2, -0.15) is 5.10 Å². The molecule has 0 spiro atoms. The monoisotopic (exact) mass is 409 g/mol. The summed E-state index contributed by atoms with van der Waals surface area (Å²) in [7, 11) is 1.61. The number of pyridine rings is 1. The maximum atomic E-state index is 12.1. The van der Waals surface area contributed by atoms with Crippen LogP contribution in [0.3, 0.4) is 0 Å². The van der Waals surface area contributed by atoms with Crippen molar-refractivity contribution in [1.29, 1.82) is 0 Å². The summed E-state index contributed by atoms with van der Waals surface area (Å²) in [4.78, 5) is 16.3. The van der Waals surface area contributed by atoms with Crippen molar-refractivity contribution in [1.82, 2.24) is 14.8 Å². The van der Waals surface area contributed by atoms with Crippen LogP contribution in [-0.2, 0) is 10.3 Å². The Labute approximate surface area is 176 Å². The molecule has 0 bridgehead atoms. The van der Waals surface area contributed by atoms with Crippen LogP contribution in [-0.4, -0.2) is 41.4 Å². The number of carbonyl (C=O) groups excluding carboxylic acids is 1. The maximum Gasteiger partial charge on any atom is 0.215 e. The molecule has 0 radical (unpaired) electrons. The summed E-state index contributed by atoms with van der Waals surface area (Å²) in [5, 5.41) is 8.07. The Morgan fingerprint density at radius 1 is 1.17 bits per heavy atom. The standard InChI is InChI=1S/C22H27N5O3/c1-22(2,3)27-21(25-17-9-10-24-19(13-17)30-12-11-29-4)18(14-28)20(26-27)15-5-7-16(23)8-6-15/h5-10,13-14H,11-12,23H2,1-4H3,(H,24,25). The number of nitrogen functional groups attached to an aromatic ring is 1. The Hall–Kier alpha value is -3.39. The Balaban J connectivity index is 2.02. The summed E-state index contributed by atoms with van der Waals surface area (Å²) in [6.07, 6.45) is 2.46. The summed E-state index contributed by atoms with van der Waals surface area (Å²) >= 11 is 0. The van der Waals surface area contributed by atoms with Crippen molar-refractivity contribution < 1.29 is 14.3 Å². The fraction of sp³-hybridized carbons (Fsp3) is 0.318. The van der Waals surface area contributed by atoms with Gasteiger partial charge < -0.3 is 20.5 Å². The van der Waals surface area contributed by atoms with Crippen molar-refractivity contribution in [2.24, 2.45) is 0 Å². The molecule has 8 nitrogen and oxygen atoms in total. The molecule has 3 aromatic rings. The van der Waals surface area contributed by atoms with Crippen molar-refractivity contribution in [3.63, 3.8) is 0 Å². The molecule has 0 amide bonds. The van der Waals surface area contributed by atoms with E-state index in [1.807, 2.05) is 37.6 Å². The van der Waals surface area contributed by atoms with Crippen molar-refractivity contribution in [2.45, 2.75) is 26.3 Å². The molecule has 0 aliphatic rings. The van der Waals surface area contributed by atoms with Crippen LogP contribution < -0.4 is 15.8 Å². The minimum Gasteiger partial charge on any atom is -0.475 e. The molecule has 0 aliphatic carbocycles. The van der Waals surface area contributed by atoms with E-state index < -0.39 is 0 Å². The van der Waals surface area contributed by atoms with Crippen LogP contribution >= 0.6 is 0 Å². The molecule has 2 heterocycles. The van der Waals surface area contributed by atoms with Gasteiger partial charge >= 0.3 is 0 Å². The van der Waals surface area contributed by atoms with E-state index in [2.05, 4.69) is 10.3 Å². The van der Waals surface area contributed by atoms with E-state index in [9.17, 15) is 4.79 Å². The molecule has 0 fully saturated rings. The highest BCUT2D eigenvalue weighted by Crippen LogP contribution is 2.34. The van der Waals surface area contributed by atoms with Gasteiger partial charge in [-0.25, -0.2) is 9.67 Å². The molecule has 1 aromatic carbocycles. The number of nitrogens with two attached hydrogens (primary N) is 1. The molecular formula is C22H27N5O3. The average Bonchev–Trinajstić information content (AvgIpc) is 3.07. The third kappa shape index (κ3) is 4.77. The van der Waals surface area contributed by atoms with Gasteiger partial charge in [0.05, 0.1) is 17.7 Å². The van der Waals surface area contributed by atoms with E-state index in [-0.39, 0.29) is 5.54 Å². The summed E-state index contributed by atoms with van der Waals surface area (Å²) in [5.74, 6) is 1.06. The van der Waals surface area contributed by atoms with E-state index in [1.165, 1.54) is 0 Å². The van der Waals surface area contributed by atoms with Crippen LogP contribution in [0.15, 0.2) is 42.6 Å². The maximum absolute atomic E-state index is 12.1. The highest BCUT2D eigenvalue weighted by molar-refractivity contribution is 5.93. The molecule has 0 aliphatic heterocycles. The minimum absolute atomic E-state index is 0.364. The summed E-state index contributed by atoms with van der Waals surface area (Å²) in [6.45, 7) is 6.94. The van der Waals surface area contributed by atoms with E-state index in [1.54, 1.807) is 37.6 Å². The Kier molecular flexibility index (Phi) is 6.37. The fourth-order valence-corrected chi connectivity index (χ4v) is 2.93. The van der Waals surface area contributed by atoms with Gasteiger partial charge in [-0.05, 0) is 39.0 Å². The van der Waals surface area contributed by atoms with Gasteiger partial charge in [0.25, 0.3) is 0 Å². The van der Waals surface area contributed by atoms with Crippen molar-refractivity contribution in [3.05, 3.63) is 48.2 Å². The second kappa shape index (κ2) is 8.96. The molecule has 0 unspecified atom stereocenters. The molecule has 0 saturated carbocycles. The highest BCUT2D eigenvalue weighted by Gasteiger charge is 2.26. The number of ether oxygens (including phenoxy) is 2. The molecule has 3 N–H and O–H groups in total.